The number of fused-ring (bicyclic) bond motifs is 2. The van der Waals surface area contributed by atoms with Crippen LogP contribution in [0.15, 0.2) is 42.5 Å². The van der Waals surface area contributed by atoms with E-state index in [4.69, 9.17) is 15.2 Å². The molecule has 1 aliphatic heterocycles. The van der Waals surface area contributed by atoms with Crippen LogP contribution in [0, 0.1) is 0 Å². The van der Waals surface area contributed by atoms with Crippen molar-refractivity contribution in [2.75, 3.05) is 27.2 Å². The maximum absolute atomic E-state index is 11.6. The molecule has 1 atom stereocenters. The number of benzene rings is 2. The third-order valence-electron chi connectivity index (χ3n) is 4.12. The number of ether oxygens (including phenoxy) is 2. The minimum Gasteiger partial charge on any atom is -0.488 e. The van der Waals surface area contributed by atoms with E-state index < -0.39 is 5.91 Å². The highest BCUT2D eigenvalue weighted by molar-refractivity contribution is 5.93. The second kappa shape index (κ2) is 7.03. The van der Waals surface area contributed by atoms with E-state index in [2.05, 4.69) is 4.90 Å². The van der Waals surface area contributed by atoms with Crippen molar-refractivity contribution in [2.45, 2.75) is 12.7 Å². The van der Waals surface area contributed by atoms with Gasteiger partial charge in [-0.3, -0.25) is 4.79 Å². The Morgan fingerprint density at radius 1 is 1.25 bits per heavy atom. The van der Waals surface area contributed by atoms with Crippen LogP contribution in [0.3, 0.4) is 0 Å². The summed E-state index contributed by atoms with van der Waals surface area (Å²) in [5.41, 5.74) is 8.89. The molecule has 0 saturated heterocycles. The number of hydrogen-bond acceptors (Lipinski definition) is 4. The molecule has 0 spiro atoms. The summed E-state index contributed by atoms with van der Waals surface area (Å²) in [7, 11) is 4.01. The van der Waals surface area contributed by atoms with Gasteiger partial charge in [0.2, 0.25) is 5.91 Å². The summed E-state index contributed by atoms with van der Waals surface area (Å²) in [5.74, 6) is 0.272. The number of primary amides is 1. The van der Waals surface area contributed by atoms with Crippen LogP contribution in [-0.2, 0) is 11.3 Å². The van der Waals surface area contributed by atoms with Crippen LogP contribution in [0.25, 0.3) is 0 Å². The fourth-order valence-electron chi connectivity index (χ4n) is 2.82. The average Bonchev–Trinajstić information content (AvgIpc) is 2.71. The first-order chi connectivity index (χ1) is 11.6. The molecule has 0 radical (unpaired) electrons. The average molecular weight is 326 g/mol. The summed E-state index contributed by atoms with van der Waals surface area (Å²) in [5, 5.41) is 0. The van der Waals surface area contributed by atoms with E-state index in [0.29, 0.717) is 18.8 Å². The van der Waals surface area contributed by atoms with Crippen molar-refractivity contribution in [1.82, 2.24) is 4.90 Å². The molecule has 126 valence electrons. The molecule has 3 rings (SSSR count). The van der Waals surface area contributed by atoms with Gasteiger partial charge >= 0.3 is 0 Å². The van der Waals surface area contributed by atoms with Crippen LogP contribution in [-0.4, -0.2) is 38.1 Å². The van der Waals surface area contributed by atoms with Crippen molar-refractivity contribution < 1.29 is 14.3 Å². The van der Waals surface area contributed by atoms with Crippen LogP contribution in [0.1, 0.15) is 33.2 Å². The van der Waals surface area contributed by atoms with Crippen LogP contribution >= 0.6 is 0 Å². The lowest BCUT2D eigenvalue weighted by molar-refractivity contribution is 0.0682. The maximum Gasteiger partial charge on any atom is 0.248 e. The number of nitrogens with two attached hydrogens (primary N) is 1. The van der Waals surface area contributed by atoms with Crippen molar-refractivity contribution in [2.24, 2.45) is 5.73 Å². The SMILES string of the molecule is CN(C)CCOC1c2ccccc2COc2ccc(C(N)=O)cc21. The Balaban J connectivity index is 2.02. The van der Waals surface area contributed by atoms with Gasteiger partial charge in [-0.15, -0.1) is 0 Å². The van der Waals surface area contributed by atoms with Crippen molar-refractivity contribution in [1.29, 1.82) is 0 Å². The van der Waals surface area contributed by atoms with E-state index in [0.717, 1.165) is 29.0 Å². The van der Waals surface area contributed by atoms with E-state index in [-0.39, 0.29) is 6.10 Å². The number of likely N-dealkylation sites (N-methyl/N-ethyl adjacent to an activating group) is 1. The third-order valence-corrected chi connectivity index (χ3v) is 4.12. The number of rotatable bonds is 5. The van der Waals surface area contributed by atoms with Gasteiger partial charge in [0.25, 0.3) is 0 Å². The minimum absolute atomic E-state index is 0.280. The summed E-state index contributed by atoms with van der Waals surface area (Å²) < 4.78 is 12.1. The molecule has 2 N–H and O–H groups in total. The fourth-order valence-corrected chi connectivity index (χ4v) is 2.82. The number of nitrogens with zero attached hydrogens (tertiary/aromatic N) is 1. The summed E-state index contributed by atoms with van der Waals surface area (Å²) in [6.07, 6.45) is -0.280. The molecule has 2 aromatic carbocycles. The molecule has 5 heteroatoms. The Kier molecular flexibility index (Phi) is 4.83. The maximum atomic E-state index is 11.6. The molecule has 1 heterocycles. The molecule has 5 nitrogen and oxygen atoms in total. The van der Waals surface area contributed by atoms with Gasteiger partial charge in [0.1, 0.15) is 18.5 Å². The van der Waals surface area contributed by atoms with Crippen LogP contribution < -0.4 is 10.5 Å². The molecule has 0 fully saturated rings. The highest BCUT2D eigenvalue weighted by Crippen LogP contribution is 2.38. The molecule has 1 aliphatic rings. The highest BCUT2D eigenvalue weighted by atomic mass is 16.5. The topological polar surface area (TPSA) is 64.8 Å². The first-order valence-corrected chi connectivity index (χ1v) is 7.97. The van der Waals surface area contributed by atoms with E-state index in [9.17, 15) is 4.79 Å². The molecule has 2 aromatic rings. The molecule has 1 unspecified atom stereocenters. The number of hydrogen-bond donors (Lipinski definition) is 1. The van der Waals surface area contributed by atoms with Gasteiger partial charge in [-0.2, -0.15) is 0 Å². The van der Waals surface area contributed by atoms with Gasteiger partial charge in [0, 0.05) is 17.7 Å². The molecule has 0 aliphatic carbocycles. The van der Waals surface area contributed by atoms with E-state index in [1.165, 1.54) is 0 Å². The Morgan fingerprint density at radius 3 is 2.79 bits per heavy atom. The number of carbonyl (C=O) groups excluding carboxylic acids is 1. The lowest BCUT2D eigenvalue weighted by atomic mass is 9.96. The second-order valence-electron chi connectivity index (χ2n) is 6.16. The molecular formula is C19H22N2O3. The molecule has 24 heavy (non-hydrogen) atoms. The van der Waals surface area contributed by atoms with Gasteiger partial charge in [0.15, 0.2) is 0 Å². The molecule has 0 bridgehead atoms. The Labute approximate surface area is 142 Å². The molecule has 1 amide bonds. The summed E-state index contributed by atoms with van der Waals surface area (Å²) in [4.78, 5) is 13.6. The van der Waals surface area contributed by atoms with Gasteiger partial charge in [-0.1, -0.05) is 24.3 Å². The van der Waals surface area contributed by atoms with Crippen LogP contribution in [0.5, 0.6) is 5.75 Å². The predicted octanol–water partition coefficient (Wildman–Crippen LogP) is 2.35. The van der Waals surface area contributed by atoms with E-state index in [1.54, 1.807) is 18.2 Å². The number of carbonyl (C=O) groups is 1. The van der Waals surface area contributed by atoms with E-state index >= 15 is 0 Å². The Hall–Kier alpha value is -2.37. The lowest BCUT2D eigenvalue weighted by Crippen LogP contribution is -2.20. The zero-order valence-corrected chi connectivity index (χ0v) is 14.0. The number of amides is 1. The fraction of sp³-hybridized carbons (Fsp3) is 0.316. The van der Waals surface area contributed by atoms with Crippen LogP contribution in [0.4, 0.5) is 0 Å². The van der Waals surface area contributed by atoms with Gasteiger partial charge in [0.05, 0.1) is 6.61 Å². The smallest absolute Gasteiger partial charge is 0.248 e. The zero-order chi connectivity index (χ0) is 17.1. The van der Waals surface area contributed by atoms with Crippen molar-refractivity contribution in [3.8, 4) is 5.75 Å². The summed E-state index contributed by atoms with van der Waals surface area (Å²) in [6, 6.07) is 13.3. The molecular weight excluding hydrogens is 304 g/mol. The Morgan fingerprint density at radius 2 is 2.04 bits per heavy atom. The Bertz CT molecular complexity index is 743. The van der Waals surface area contributed by atoms with E-state index in [1.807, 2.05) is 38.4 Å². The van der Waals surface area contributed by atoms with Gasteiger partial charge in [-0.05, 0) is 43.4 Å². The monoisotopic (exact) mass is 326 g/mol. The second-order valence-corrected chi connectivity index (χ2v) is 6.16. The normalized spacial score (nSPS) is 16.0. The zero-order valence-electron chi connectivity index (χ0n) is 14.0. The summed E-state index contributed by atoms with van der Waals surface area (Å²) >= 11 is 0. The molecule has 0 saturated carbocycles. The quantitative estimate of drug-likeness (QED) is 0.916. The van der Waals surface area contributed by atoms with Gasteiger partial charge < -0.3 is 20.1 Å². The van der Waals surface area contributed by atoms with Crippen molar-refractivity contribution >= 4 is 5.91 Å². The standard InChI is InChI=1S/C19H22N2O3/c1-21(2)9-10-23-18-15-6-4-3-5-14(15)12-24-17-8-7-13(19(20)22)11-16(17)18/h3-8,11,18H,9-10,12H2,1-2H3,(H2,20,22). The summed E-state index contributed by atoms with van der Waals surface area (Å²) in [6.45, 7) is 1.86. The first-order valence-electron chi connectivity index (χ1n) is 7.97. The predicted molar refractivity (Wildman–Crippen MR) is 92.1 cm³/mol. The van der Waals surface area contributed by atoms with Crippen molar-refractivity contribution in [3.63, 3.8) is 0 Å². The largest absolute Gasteiger partial charge is 0.488 e. The molecule has 0 aromatic heterocycles. The highest BCUT2D eigenvalue weighted by Gasteiger charge is 2.26. The van der Waals surface area contributed by atoms with Crippen molar-refractivity contribution in [3.05, 3.63) is 64.7 Å². The lowest BCUT2D eigenvalue weighted by Gasteiger charge is -2.21. The third kappa shape index (κ3) is 3.42. The first kappa shape index (κ1) is 16.5. The minimum atomic E-state index is -0.456. The van der Waals surface area contributed by atoms with Gasteiger partial charge in [-0.25, -0.2) is 0 Å². The van der Waals surface area contributed by atoms with Crippen LogP contribution in [0.2, 0.25) is 0 Å².